The van der Waals surface area contributed by atoms with Crippen LogP contribution in [0.4, 0.5) is 11.5 Å². The second-order valence-electron chi connectivity index (χ2n) is 5.99. The first-order valence-electron chi connectivity index (χ1n) is 7.23. The van der Waals surface area contributed by atoms with Crippen LogP contribution in [0.1, 0.15) is 45.2 Å². The quantitative estimate of drug-likeness (QED) is 0.817. The number of anilines is 2. The summed E-state index contributed by atoms with van der Waals surface area (Å²) in [5, 5.41) is 11.1. The molecule has 0 aromatic carbocycles. The lowest BCUT2D eigenvalue weighted by molar-refractivity contribution is -0.122. The van der Waals surface area contributed by atoms with E-state index in [1.54, 1.807) is 0 Å². The lowest BCUT2D eigenvalue weighted by atomic mass is 9.75. The molecule has 1 spiro atoms. The maximum absolute atomic E-state index is 12.5. The van der Waals surface area contributed by atoms with Crippen LogP contribution in [-0.2, 0) is 11.3 Å². The molecular weight excluding hydrogens is 240 g/mol. The van der Waals surface area contributed by atoms with E-state index < -0.39 is 5.54 Å². The van der Waals surface area contributed by atoms with Crippen LogP contribution in [0.25, 0.3) is 0 Å². The molecule has 2 heterocycles. The summed E-state index contributed by atoms with van der Waals surface area (Å²) >= 11 is 0. The molecule has 1 aromatic heterocycles. The van der Waals surface area contributed by atoms with E-state index in [0.717, 1.165) is 43.0 Å². The summed E-state index contributed by atoms with van der Waals surface area (Å²) in [6.45, 7) is 7.05. The predicted octanol–water partition coefficient (Wildman–Crippen LogP) is 2.52. The molecule has 1 aromatic rings. The molecule has 2 N–H and O–H groups in total. The number of aromatic nitrogens is 2. The van der Waals surface area contributed by atoms with Gasteiger partial charge in [0.2, 0.25) is 5.91 Å². The summed E-state index contributed by atoms with van der Waals surface area (Å²) in [6, 6.07) is 0. The van der Waals surface area contributed by atoms with Crippen molar-refractivity contribution >= 4 is 17.4 Å². The molecule has 0 bridgehead atoms. The van der Waals surface area contributed by atoms with Crippen LogP contribution in [0.5, 0.6) is 0 Å². The molecule has 104 valence electrons. The molecule has 5 nitrogen and oxygen atoms in total. The summed E-state index contributed by atoms with van der Waals surface area (Å²) in [7, 11) is 0. The van der Waals surface area contributed by atoms with Crippen molar-refractivity contribution in [1.82, 2.24) is 9.78 Å². The molecule has 1 amide bonds. The van der Waals surface area contributed by atoms with E-state index in [0.29, 0.717) is 5.92 Å². The van der Waals surface area contributed by atoms with E-state index in [4.69, 9.17) is 0 Å². The number of amides is 1. The monoisotopic (exact) mass is 262 g/mol. The number of nitrogens with zero attached hydrogens (tertiary/aromatic N) is 2. The molecule has 5 heteroatoms. The second kappa shape index (κ2) is 4.25. The van der Waals surface area contributed by atoms with Crippen molar-refractivity contribution in [2.75, 3.05) is 10.6 Å². The number of carbonyl (C=O) groups is 1. The Balaban J connectivity index is 2.00. The van der Waals surface area contributed by atoms with Crippen LogP contribution in [0, 0.1) is 12.8 Å². The molecule has 1 saturated carbocycles. The Bertz CT molecular complexity index is 522. The fraction of sp³-hybridized carbons (Fsp3) is 0.714. The zero-order valence-corrected chi connectivity index (χ0v) is 11.9. The van der Waals surface area contributed by atoms with E-state index in [1.165, 1.54) is 6.42 Å². The van der Waals surface area contributed by atoms with Gasteiger partial charge in [0.15, 0.2) is 0 Å². The smallest absolute Gasteiger partial charge is 0.250 e. The number of nitrogens with one attached hydrogen (secondary N) is 2. The summed E-state index contributed by atoms with van der Waals surface area (Å²) < 4.78 is 1.95. The molecule has 3 rings (SSSR count). The molecule has 1 aliphatic heterocycles. The van der Waals surface area contributed by atoms with E-state index in [-0.39, 0.29) is 5.91 Å². The minimum Gasteiger partial charge on any atom is -0.354 e. The Labute approximate surface area is 113 Å². The molecule has 2 unspecified atom stereocenters. The first kappa shape index (κ1) is 12.5. The van der Waals surface area contributed by atoms with E-state index in [1.807, 2.05) is 11.6 Å². The molecule has 1 aliphatic carbocycles. The van der Waals surface area contributed by atoms with Crippen molar-refractivity contribution < 1.29 is 4.79 Å². The summed E-state index contributed by atoms with van der Waals surface area (Å²) in [5.41, 5.74) is 1.32. The number of rotatable bonds is 1. The maximum Gasteiger partial charge on any atom is 0.250 e. The van der Waals surface area contributed by atoms with E-state index in [9.17, 15) is 4.79 Å². The molecule has 2 atom stereocenters. The third kappa shape index (κ3) is 1.83. The first-order valence-corrected chi connectivity index (χ1v) is 7.23. The lowest BCUT2D eigenvalue weighted by Crippen LogP contribution is -2.55. The molecule has 2 aliphatic rings. The van der Waals surface area contributed by atoms with Gasteiger partial charge >= 0.3 is 0 Å². The van der Waals surface area contributed by atoms with Crippen molar-refractivity contribution in [2.24, 2.45) is 5.92 Å². The van der Waals surface area contributed by atoms with Crippen molar-refractivity contribution in [1.29, 1.82) is 0 Å². The van der Waals surface area contributed by atoms with Crippen LogP contribution < -0.4 is 10.6 Å². The van der Waals surface area contributed by atoms with Gasteiger partial charge in [0, 0.05) is 6.54 Å². The van der Waals surface area contributed by atoms with Gasteiger partial charge in [0.1, 0.15) is 17.0 Å². The lowest BCUT2D eigenvalue weighted by Gasteiger charge is -2.42. The van der Waals surface area contributed by atoms with Crippen molar-refractivity contribution in [3.63, 3.8) is 0 Å². The fourth-order valence-corrected chi connectivity index (χ4v) is 3.47. The molecule has 1 fully saturated rings. The number of hydrogen-bond acceptors (Lipinski definition) is 3. The Hall–Kier alpha value is -1.52. The van der Waals surface area contributed by atoms with Crippen molar-refractivity contribution in [2.45, 2.75) is 58.5 Å². The van der Waals surface area contributed by atoms with Crippen molar-refractivity contribution in [3.05, 3.63) is 5.69 Å². The Morgan fingerprint density at radius 2 is 2.32 bits per heavy atom. The highest BCUT2D eigenvalue weighted by atomic mass is 16.2. The minimum absolute atomic E-state index is 0.116. The van der Waals surface area contributed by atoms with Gasteiger partial charge in [0.25, 0.3) is 0 Å². The van der Waals surface area contributed by atoms with Gasteiger partial charge in [0.05, 0.1) is 5.69 Å². The molecule has 19 heavy (non-hydrogen) atoms. The number of fused-ring (bicyclic) bond motifs is 1. The normalized spacial score (nSPS) is 29.8. The minimum atomic E-state index is -0.427. The van der Waals surface area contributed by atoms with Gasteiger partial charge < -0.3 is 10.6 Å². The van der Waals surface area contributed by atoms with Gasteiger partial charge in [-0.1, -0.05) is 19.8 Å². The van der Waals surface area contributed by atoms with Gasteiger partial charge in [-0.25, -0.2) is 4.68 Å². The Kier molecular flexibility index (Phi) is 2.80. The zero-order chi connectivity index (χ0) is 13.6. The highest BCUT2D eigenvalue weighted by Gasteiger charge is 2.46. The average molecular weight is 262 g/mol. The van der Waals surface area contributed by atoms with Crippen LogP contribution in [0.2, 0.25) is 0 Å². The second-order valence-corrected chi connectivity index (χ2v) is 5.99. The predicted molar refractivity (Wildman–Crippen MR) is 75.3 cm³/mol. The molecule has 0 saturated heterocycles. The van der Waals surface area contributed by atoms with Gasteiger partial charge in [-0.2, -0.15) is 5.10 Å². The van der Waals surface area contributed by atoms with Crippen LogP contribution >= 0.6 is 0 Å². The molecular formula is C14H22N4O. The van der Waals surface area contributed by atoms with Crippen LogP contribution in [0.3, 0.4) is 0 Å². The third-order valence-corrected chi connectivity index (χ3v) is 4.46. The SMILES string of the molecule is CCn1nc(C)c2c1NC1(CCCC(C)C1)C(=O)N2. The first-order chi connectivity index (χ1) is 9.05. The number of hydrogen-bond donors (Lipinski definition) is 2. The fourth-order valence-electron chi connectivity index (χ4n) is 3.47. The number of carbonyl (C=O) groups excluding carboxylic acids is 1. The van der Waals surface area contributed by atoms with Gasteiger partial charge in [-0.15, -0.1) is 0 Å². The summed E-state index contributed by atoms with van der Waals surface area (Å²) in [6.07, 6.45) is 4.15. The van der Waals surface area contributed by atoms with Gasteiger partial charge in [-0.05, 0) is 32.6 Å². The standard InChI is InChI=1S/C14H22N4O/c1-4-18-12-11(10(3)17-18)15-13(19)14(16-12)7-5-6-9(2)8-14/h9,16H,4-8H2,1-3H3,(H,15,19). The van der Waals surface area contributed by atoms with E-state index >= 15 is 0 Å². The topological polar surface area (TPSA) is 59.0 Å². The Morgan fingerprint density at radius 3 is 3.00 bits per heavy atom. The van der Waals surface area contributed by atoms with E-state index in [2.05, 4.69) is 29.6 Å². The number of aryl methyl sites for hydroxylation is 2. The van der Waals surface area contributed by atoms with Crippen LogP contribution in [0.15, 0.2) is 0 Å². The Morgan fingerprint density at radius 1 is 1.53 bits per heavy atom. The zero-order valence-electron chi connectivity index (χ0n) is 11.9. The highest BCUT2D eigenvalue weighted by molar-refractivity contribution is 6.06. The van der Waals surface area contributed by atoms with Crippen molar-refractivity contribution in [3.8, 4) is 0 Å². The average Bonchev–Trinajstić information content (AvgIpc) is 2.67. The highest BCUT2D eigenvalue weighted by Crippen LogP contribution is 2.41. The van der Waals surface area contributed by atoms with Crippen LogP contribution in [-0.4, -0.2) is 21.2 Å². The van der Waals surface area contributed by atoms with Gasteiger partial charge in [-0.3, -0.25) is 4.79 Å². The summed E-state index contributed by atoms with van der Waals surface area (Å²) in [5.74, 6) is 1.69. The molecule has 0 radical (unpaired) electrons. The summed E-state index contributed by atoms with van der Waals surface area (Å²) in [4.78, 5) is 12.5. The maximum atomic E-state index is 12.5. The third-order valence-electron chi connectivity index (χ3n) is 4.46. The largest absolute Gasteiger partial charge is 0.354 e.